The van der Waals surface area contributed by atoms with Crippen molar-refractivity contribution < 1.29 is 18.3 Å². The van der Waals surface area contributed by atoms with Gasteiger partial charge in [0.05, 0.1) is 5.75 Å². The zero-order chi connectivity index (χ0) is 14.8. The van der Waals surface area contributed by atoms with Gasteiger partial charge in [-0.2, -0.15) is 4.31 Å². The van der Waals surface area contributed by atoms with Crippen molar-refractivity contribution in [3.8, 4) is 0 Å². The molecule has 1 atom stereocenters. The minimum absolute atomic E-state index is 0.138. The molecule has 1 heterocycles. The third-order valence-electron chi connectivity index (χ3n) is 3.63. The lowest BCUT2D eigenvalue weighted by Gasteiger charge is -2.21. The van der Waals surface area contributed by atoms with Gasteiger partial charge in [-0.1, -0.05) is 31.2 Å². The average Bonchev–Trinajstić information content (AvgIpc) is 2.89. The highest BCUT2D eigenvalue weighted by Crippen LogP contribution is 2.23. The first-order chi connectivity index (χ1) is 9.44. The second-order valence-corrected chi connectivity index (χ2v) is 6.95. The van der Waals surface area contributed by atoms with Gasteiger partial charge in [0.15, 0.2) is 0 Å². The number of aryl methyl sites for hydroxylation is 1. The van der Waals surface area contributed by atoms with Gasteiger partial charge >= 0.3 is 5.97 Å². The van der Waals surface area contributed by atoms with Crippen LogP contribution in [0.25, 0.3) is 0 Å². The largest absolute Gasteiger partial charge is 0.480 e. The van der Waals surface area contributed by atoms with Crippen LogP contribution < -0.4 is 0 Å². The topological polar surface area (TPSA) is 74.7 Å². The van der Waals surface area contributed by atoms with E-state index in [9.17, 15) is 13.2 Å². The quantitative estimate of drug-likeness (QED) is 0.896. The van der Waals surface area contributed by atoms with E-state index in [1.165, 1.54) is 0 Å². The molecule has 110 valence electrons. The Balaban J connectivity index is 2.15. The number of carboxylic acid groups (broad SMARTS) is 1. The Hall–Kier alpha value is -1.40. The number of carbonyl (C=O) groups is 1. The van der Waals surface area contributed by atoms with Crippen molar-refractivity contribution in [2.45, 2.75) is 38.0 Å². The van der Waals surface area contributed by atoms with Gasteiger partial charge in [0, 0.05) is 6.54 Å². The summed E-state index contributed by atoms with van der Waals surface area (Å²) in [5.74, 6) is -1.20. The number of aliphatic carboxylic acids is 1. The van der Waals surface area contributed by atoms with Crippen LogP contribution in [0.4, 0.5) is 0 Å². The van der Waals surface area contributed by atoms with E-state index in [1.807, 2.05) is 19.1 Å². The zero-order valence-electron chi connectivity index (χ0n) is 11.4. The van der Waals surface area contributed by atoms with E-state index in [1.54, 1.807) is 12.1 Å². The lowest BCUT2D eigenvalue weighted by Crippen LogP contribution is -2.40. The summed E-state index contributed by atoms with van der Waals surface area (Å²) < 4.78 is 25.8. The Morgan fingerprint density at radius 3 is 2.45 bits per heavy atom. The lowest BCUT2D eigenvalue weighted by atomic mass is 10.1. The summed E-state index contributed by atoms with van der Waals surface area (Å²) in [5, 5.41) is 9.08. The monoisotopic (exact) mass is 297 g/mol. The van der Waals surface area contributed by atoms with Crippen LogP contribution in [-0.4, -0.2) is 36.4 Å². The van der Waals surface area contributed by atoms with Crippen molar-refractivity contribution in [3.63, 3.8) is 0 Å². The van der Waals surface area contributed by atoms with Gasteiger partial charge in [0.1, 0.15) is 6.04 Å². The first-order valence-electron chi connectivity index (χ1n) is 6.74. The Bertz CT molecular complexity index is 580. The molecule has 1 aromatic carbocycles. The van der Waals surface area contributed by atoms with Crippen molar-refractivity contribution >= 4 is 16.0 Å². The molecule has 0 unspecified atom stereocenters. The van der Waals surface area contributed by atoms with Gasteiger partial charge in [-0.05, 0) is 30.4 Å². The highest BCUT2D eigenvalue weighted by Gasteiger charge is 2.38. The van der Waals surface area contributed by atoms with E-state index < -0.39 is 22.0 Å². The van der Waals surface area contributed by atoms with Crippen molar-refractivity contribution in [1.29, 1.82) is 0 Å². The van der Waals surface area contributed by atoms with E-state index in [0.717, 1.165) is 16.3 Å². The summed E-state index contributed by atoms with van der Waals surface area (Å²) >= 11 is 0. The van der Waals surface area contributed by atoms with E-state index in [2.05, 4.69) is 0 Å². The Morgan fingerprint density at radius 1 is 1.30 bits per heavy atom. The van der Waals surface area contributed by atoms with Crippen LogP contribution in [0.2, 0.25) is 0 Å². The lowest BCUT2D eigenvalue weighted by molar-refractivity contribution is -0.140. The summed E-state index contributed by atoms with van der Waals surface area (Å²) in [6.07, 6.45) is 1.90. The van der Waals surface area contributed by atoms with E-state index in [4.69, 9.17) is 5.11 Å². The maximum absolute atomic E-state index is 12.3. The molecule has 0 radical (unpaired) electrons. The van der Waals surface area contributed by atoms with Gasteiger partial charge in [-0.25, -0.2) is 8.42 Å². The van der Waals surface area contributed by atoms with Crippen LogP contribution in [-0.2, 0) is 27.0 Å². The van der Waals surface area contributed by atoms with Crippen molar-refractivity contribution in [2.75, 3.05) is 6.54 Å². The molecule has 1 aromatic rings. The fraction of sp³-hybridized carbons (Fsp3) is 0.500. The SMILES string of the molecule is CCc1ccc(CS(=O)(=O)N2CCC[C@H]2C(=O)O)cc1. The smallest absolute Gasteiger partial charge is 0.322 e. The summed E-state index contributed by atoms with van der Waals surface area (Å²) in [7, 11) is -3.57. The second kappa shape index (κ2) is 5.93. The first-order valence-corrected chi connectivity index (χ1v) is 8.35. The van der Waals surface area contributed by atoms with Crippen LogP contribution in [0.5, 0.6) is 0 Å². The summed E-state index contributed by atoms with van der Waals surface area (Å²) in [6, 6.07) is 6.49. The minimum Gasteiger partial charge on any atom is -0.480 e. The molecule has 1 N–H and O–H groups in total. The standard InChI is InChI=1S/C14H19NO4S/c1-2-11-5-7-12(8-6-11)10-20(18,19)15-9-3-4-13(15)14(16)17/h5-8,13H,2-4,9-10H2,1H3,(H,16,17)/t13-/m0/s1. The number of hydrogen-bond acceptors (Lipinski definition) is 3. The Labute approximate surface area is 119 Å². The van der Waals surface area contributed by atoms with Gasteiger partial charge in [-0.15, -0.1) is 0 Å². The molecule has 0 amide bonds. The van der Waals surface area contributed by atoms with Gasteiger partial charge < -0.3 is 5.11 Å². The summed E-state index contributed by atoms with van der Waals surface area (Å²) in [5.41, 5.74) is 1.84. The number of benzene rings is 1. The van der Waals surface area contributed by atoms with Gasteiger partial charge in [0.25, 0.3) is 0 Å². The molecule has 2 rings (SSSR count). The number of sulfonamides is 1. The molecule has 0 spiro atoms. The van der Waals surface area contributed by atoms with Gasteiger partial charge in [0.2, 0.25) is 10.0 Å². The van der Waals surface area contributed by atoms with Crippen LogP contribution >= 0.6 is 0 Å². The summed E-state index contributed by atoms with van der Waals surface area (Å²) in [6.45, 7) is 2.33. The van der Waals surface area contributed by atoms with Crippen LogP contribution in [0.3, 0.4) is 0 Å². The molecular weight excluding hydrogens is 278 g/mol. The third-order valence-corrected chi connectivity index (χ3v) is 5.48. The molecule has 0 bridgehead atoms. The fourth-order valence-corrected chi connectivity index (χ4v) is 4.25. The maximum atomic E-state index is 12.3. The number of rotatable bonds is 5. The highest BCUT2D eigenvalue weighted by atomic mass is 32.2. The molecule has 20 heavy (non-hydrogen) atoms. The first kappa shape index (κ1) is 15.0. The van der Waals surface area contributed by atoms with Crippen LogP contribution in [0.15, 0.2) is 24.3 Å². The molecule has 0 aromatic heterocycles. The Kier molecular flexibility index (Phi) is 4.45. The van der Waals surface area contributed by atoms with Gasteiger partial charge in [-0.3, -0.25) is 4.79 Å². The van der Waals surface area contributed by atoms with E-state index in [-0.39, 0.29) is 5.75 Å². The molecule has 6 heteroatoms. The Morgan fingerprint density at radius 2 is 1.90 bits per heavy atom. The molecular formula is C14H19NO4S. The van der Waals surface area contributed by atoms with Crippen molar-refractivity contribution in [2.24, 2.45) is 0 Å². The molecule has 1 fully saturated rings. The predicted octanol–water partition coefficient (Wildman–Crippen LogP) is 1.63. The summed E-state index contributed by atoms with van der Waals surface area (Å²) in [4.78, 5) is 11.1. The molecule has 0 aliphatic carbocycles. The molecule has 1 aliphatic rings. The highest BCUT2D eigenvalue weighted by molar-refractivity contribution is 7.88. The van der Waals surface area contributed by atoms with Crippen LogP contribution in [0.1, 0.15) is 30.9 Å². The minimum atomic E-state index is -3.57. The average molecular weight is 297 g/mol. The molecule has 0 saturated carbocycles. The fourth-order valence-electron chi connectivity index (χ4n) is 2.48. The van der Waals surface area contributed by atoms with Crippen molar-refractivity contribution in [1.82, 2.24) is 4.31 Å². The zero-order valence-corrected chi connectivity index (χ0v) is 12.3. The maximum Gasteiger partial charge on any atom is 0.322 e. The van der Waals surface area contributed by atoms with Crippen molar-refractivity contribution in [3.05, 3.63) is 35.4 Å². The van der Waals surface area contributed by atoms with E-state index >= 15 is 0 Å². The molecule has 1 aliphatic heterocycles. The second-order valence-electron chi connectivity index (χ2n) is 5.03. The number of nitrogens with zero attached hydrogens (tertiary/aromatic N) is 1. The third kappa shape index (κ3) is 3.19. The number of carboxylic acids is 1. The predicted molar refractivity (Wildman–Crippen MR) is 75.8 cm³/mol. The van der Waals surface area contributed by atoms with E-state index in [0.29, 0.717) is 24.9 Å². The number of hydrogen-bond donors (Lipinski definition) is 1. The van der Waals surface area contributed by atoms with Crippen LogP contribution in [0, 0.1) is 0 Å². The normalized spacial score (nSPS) is 20.1. The molecule has 1 saturated heterocycles. The molecule has 5 nitrogen and oxygen atoms in total.